The minimum Gasteiger partial charge on any atom is -0.454 e. The van der Waals surface area contributed by atoms with Gasteiger partial charge in [0.1, 0.15) is 0 Å². The summed E-state index contributed by atoms with van der Waals surface area (Å²) in [5.74, 6) is -0.310. The van der Waals surface area contributed by atoms with Crippen molar-refractivity contribution >= 4 is 20.7 Å². The minimum absolute atomic E-state index is 0.0302. The molecule has 3 aromatic rings. The van der Waals surface area contributed by atoms with E-state index >= 15 is 0 Å². The van der Waals surface area contributed by atoms with E-state index in [2.05, 4.69) is 20.5 Å². The van der Waals surface area contributed by atoms with Gasteiger partial charge in [-0.25, -0.2) is 13.4 Å². The molecule has 2 N–H and O–H groups in total. The molecular weight excluding hydrogens is 358 g/mol. The molecule has 138 valence electrons. The first-order valence-corrected chi connectivity index (χ1v) is 9.56. The number of nitrogens with zero attached hydrogens (tertiary/aromatic N) is 4. The molecule has 1 aromatic carbocycles. The molecule has 0 saturated carbocycles. The maximum Gasteiger partial charge on any atom is 0.251 e. The second-order valence-corrected chi connectivity index (χ2v) is 7.65. The van der Waals surface area contributed by atoms with E-state index < -0.39 is 22.2 Å². The molecule has 0 saturated heterocycles. The van der Waals surface area contributed by atoms with Crippen LogP contribution >= 0.6 is 0 Å². The van der Waals surface area contributed by atoms with Crippen molar-refractivity contribution in [2.75, 3.05) is 24.5 Å². The fraction of sp³-hybridized carbons (Fsp3) is 0.312. The van der Waals surface area contributed by atoms with Crippen LogP contribution in [0.5, 0.6) is 5.88 Å². The van der Waals surface area contributed by atoms with Crippen LogP contribution in [-0.2, 0) is 9.84 Å². The standard InChI is InChI=1S/C16H19N5O4S/c1-11-9-17-21(12(11)2)18-10-25-15-13-5-3-4-6-14(13)19-16(20-15)26(23,24)8-7-22/h3-6,9,18,22H,7-8,10H2,1-2H3. The summed E-state index contributed by atoms with van der Waals surface area (Å²) in [7, 11) is -3.80. The number of aryl methyl sites for hydroxylation is 1. The predicted octanol–water partition coefficient (Wildman–Crippen LogP) is 0.789. The molecule has 0 aliphatic rings. The van der Waals surface area contributed by atoms with Crippen LogP contribution in [0.4, 0.5) is 0 Å². The molecule has 3 rings (SSSR count). The Labute approximate surface area is 150 Å². The van der Waals surface area contributed by atoms with Crippen LogP contribution in [0.2, 0.25) is 0 Å². The minimum atomic E-state index is -3.80. The van der Waals surface area contributed by atoms with Crippen molar-refractivity contribution in [2.45, 2.75) is 19.0 Å². The molecule has 0 atom stereocenters. The van der Waals surface area contributed by atoms with Crippen LogP contribution in [-0.4, -0.2) is 52.5 Å². The van der Waals surface area contributed by atoms with Gasteiger partial charge < -0.3 is 9.84 Å². The first-order valence-electron chi connectivity index (χ1n) is 7.90. The molecule has 0 aliphatic carbocycles. The van der Waals surface area contributed by atoms with E-state index in [9.17, 15) is 8.42 Å². The van der Waals surface area contributed by atoms with E-state index in [1.54, 1.807) is 35.3 Å². The van der Waals surface area contributed by atoms with Crippen molar-refractivity contribution in [2.24, 2.45) is 0 Å². The van der Waals surface area contributed by atoms with Gasteiger partial charge in [-0.3, -0.25) is 5.43 Å². The van der Waals surface area contributed by atoms with Crippen LogP contribution < -0.4 is 10.2 Å². The molecule has 2 aromatic heterocycles. The van der Waals surface area contributed by atoms with E-state index in [4.69, 9.17) is 9.84 Å². The number of ether oxygens (including phenoxy) is 1. The average Bonchev–Trinajstić information content (AvgIpc) is 2.93. The van der Waals surface area contributed by atoms with E-state index in [-0.39, 0.29) is 17.8 Å². The number of aliphatic hydroxyl groups excluding tert-OH is 1. The lowest BCUT2D eigenvalue weighted by atomic mass is 10.2. The number of para-hydroxylation sites is 1. The van der Waals surface area contributed by atoms with Crippen molar-refractivity contribution in [1.29, 1.82) is 0 Å². The number of sulfone groups is 1. The summed E-state index contributed by atoms with van der Waals surface area (Å²) >= 11 is 0. The summed E-state index contributed by atoms with van der Waals surface area (Å²) in [5, 5.41) is 13.3. The average molecular weight is 377 g/mol. The molecule has 9 nitrogen and oxygen atoms in total. The monoisotopic (exact) mass is 377 g/mol. The Morgan fingerprint density at radius 2 is 2.00 bits per heavy atom. The zero-order chi connectivity index (χ0) is 18.7. The molecule has 0 amide bonds. The van der Waals surface area contributed by atoms with E-state index in [0.29, 0.717) is 10.9 Å². The zero-order valence-corrected chi connectivity index (χ0v) is 15.2. The van der Waals surface area contributed by atoms with Crippen molar-refractivity contribution in [3.05, 3.63) is 41.7 Å². The predicted molar refractivity (Wildman–Crippen MR) is 95.2 cm³/mol. The second-order valence-electron chi connectivity index (χ2n) is 5.64. The van der Waals surface area contributed by atoms with Gasteiger partial charge in [-0.1, -0.05) is 12.1 Å². The number of rotatable bonds is 7. The summed E-state index contributed by atoms with van der Waals surface area (Å²) < 4.78 is 30.1. The number of hydrogen-bond donors (Lipinski definition) is 2. The van der Waals surface area contributed by atoms with Gasteiger partial charge in [0.15, 0.2) is 6.73 Å². The van der Waals surface area contributed by atoms with Gasteiger partial charge in [-0.15, -0.1) is 0 Å². The molecule has 0 unspecified atom stereocenters. The lowest BCUT2D eigenvalue weighted by Gasteiger charge is -2.12. The largest absolute Gasteiger partial charge is 0.454 e. The molecule has 0 spiro atoms. The highest BCUT2D eigenvalue weighted by atomic mass is 32.2. The summed E-state index contributed by atoms with van der Waals surface area (Å²) in [5.41, 5.74) is 5.38. The second kappa shape index (κ2) is 7.26. The summed E-state index contributed by atoms with van der Waals surface area (Å²) in [6.07, 6.45) is 1.72. The van der Waals surface area contributed by atoms with Gasteiger partial charge in [0.25, 0.3) is 5.16 Å². The maximum atomic E-state index is 12.2. The number of aromatic nitrogens is 4. The van der Waals surface area contributed by atoms with E-state index in [1.807, 2.05) is 13.8 Å². The Hall–Kier alpha value is -2.72. The molecule has 0 bridgehead atoms. The molecular formula is C16H19N5O4S. The van der Waals surface area contributed by atoms with Crippen LogP contribution in [0, 0.1) is 13.8 Å². The number of fused-ring (bicyclic) bond motifs is 1. The van der Waals surface area contributed by atoms with E-state index in [0.717, 1.165) is 11.3 Å². The van der Waals surface area contributed by atoms with Crippen molar-refractivity contribution < 1.29 is 18.3 Å². The SMILES string of the molecule is Cc1cnn(NCOc2nc(S(=O)(=O)CCO)nc3ccccc23)c1C. The van der Waals surface area contributed by atoms with Gasteiger partial charge in [-0.2, -0.15) is 14.9 Å². The highest BCUT2D eigenvalue weighted by Crippen LogP contribution is 2.24. The molecule has 0 aliphatic heterocycles. The number of benzene rings is 1. The number of aliphatic hydroxyl groups is 1. The van der Waals surface area contributed by atoms with Crippen LogP contribution in [0.15, 0.2) is 35.6 Å². The number of hydrogen-bond acceptors (Lipinski definition) is 8. The van der Waals surface area contributed by atoms with Gasteiger partial charge >= 0.3 is 0 Å². The summed E-state index contributed by atoms with van der Waals surface area (Å²) in [6.45, 7) is 3.38. The Kier molecular flexibility index (Phi) is 5.05. The first kappa shape index (κ1) is 18.1. The lowest BCUT2D eigenvalue weighted by molar-refractivity contribution is 0.312. The third-order valence-corrected chi connectivity index (χ3v) is 5.32. The zero-order valence-electron chi connectivity index (χ0n) is 14.4. The Morgan fingerprint density at radius 3 is 2.69 bits per heavy atom. The van der Waals surface area contributed by atoms with Crippen LogP contribution in [0.25, 0.3) is 10.9 Å². The third-order valence-electron chi connectivity index (χ3n) is 3.86. The maximum absolute atomic E-state index is 12.2. The topological polar surface area (TPSA) is 119 Å². The third kappa shape index (κ3) is 3.60. The molecule has 0 radical (unpaired) electrons. The smallest absolute Gasteiger partial charge is 0.251 e. The van der Waals surface area contributed by atoms with Gasteiger partial charge in [0.05, 0.1) is 35.2 Å². The highest BCUT2D eigenvalue weighted by Gasteiger charge is 2.20. The van der Waals surface area contributed by atoms with Crippen LogP contribution in [0.1, 0.15) is 11.3 Å². The normalized spacial score (nSPS) is 11.7. The highest BCUT2D eigenvalue weighted by molar-refractivity contribution is 7.91. The Morgan fingerprint density at radius 1 is 1.23 bits per heavy atom. The summed E-state index contributed by atoms with van der Waals surface area (Å²) in [4.78, 5) is 9.70. The van der Waals surface area contributed by atoms with Gasteiger partial charge in [-0.05, 0) is 31.5 Å². The lowest BCUT2D eigenvalue weighted by Crippen LogP contribution is -2.23. The molecule has 26 heavy (non-hydrogen) atoms. The Balaban J connectivity index is 1.89. The van der Waals surface area contributed by atoms with Crippen molar-refractivity contribution in [3.8, 4) is 5.88 Å². The van der Waals surface area contributed by atoms with Gasteiger partial charge in [0.2, 0.25) is 15.7 Å². The van der Waals surface area contributed by atoms with Crippen molar-refractivity contribution in [1.82, 2.24) is 19.9 Å². The number of nitrogens with one attached hydrogen (secondary N) is 1. The first-order chi connectivity index (χ1) is 12.4. The quantitative estimate of drug-likeness (QED) is 0.458. The van der Waals surface area contributed by atoms with Crippen LogP contribution in [0.3, 0.4) is 0 Å². The van der Waals surface area contributed by atoms with Crippen molar-refractivity contribution in [3.63, 3.8) is 0 Å². The van der Waals surface area contributed by atoms with Gasteiger partial charge in [0, 0.05) is 0 Å². The molecule has 0 fully saturated rings. The molecule has 10 heteroatoms. The van der Waals surface area contributed by atoms with E-state index in [1.165, 1.54) is 0 Å². The fourth-order valence-corrected chi connectivity index (χ4v) is 3.18. The summed E-state index contributed by atoms with van der Waals surface area (Å²) in [6, 6.07) is 6.96. The molecule has 2 heterocycles. The fourth-order valence-electron chi connectivity index (χ4n) is 2.30. The Bertz CT molecular complexity index is 1030.